The van der Waals surface area contributed by atoms with Crippen LogP contribution in [0.1, 0.15) is 38.6 Å². The van der Waals surface area contributed by atoms with E-state index in [1.165, 1.54) is 6.33 Å². The summed E-state index contributed by atoms with van der Waals surface area (Å²) >= 11 is 0. The Morgan fingerprint density at radius 1 is 1.47 bits per heavy atom. The van der Waals surface area contributed by atoms with E-state index in [0.717, 1.165) is 31.8 Å². The summed E-state index contributed by atoms with van der Waals surface area (Å²) in [5.41, 5.74) is 5.86. The number of ketones is 1. The van der Waals surface area contributed by atoms with Crippen LogP contribution in [0.2, 0.25) is 0 Å². The molecule has 2 rings (SSSR count). The van der Waals surface area contributed by atoms with Gasteiger partial charge in [-0.25, -0.2) is 9.67 Å². The second kappa shape index (κ2) is 6.25. The van der Waals surface area contributed by atoms with Crippen molar-refractivity contribution in [2.75, 3.05) is 19.6 Å². The predicted molar refractivity (Wildman–Crippen MR) is 72.8 cm³/mol. The van der Waals surface area contributed by atoms with Crippen molar-refractivity contribution in [3.8, 4) is 0 Å². The third-order valence-electron chi connectivity index (χ3n) is 3.52. The molecule has 6 heteroatoms. The number of carbonyl (C=O) groups is 1. The van der Waals surface area contributed by atoms with Gasteiger partial charge in [0.05, 0.1) is 13.0 Å². The second-order valence-electron chi connectivity index (χ2n) is 5.54. The van der Waals surface area contributed by atoms with Gasteiger partial charge in [0.1, 0.15) is 12.2 Å². The first-order valence-corrected chi connectivity index (χ1v) is 6.94. The lowest BCUT2D eigenvalue weighted by Crippen LogP contribution is -2.42. The van der Waals surface area contributed by atoms with E-state index in [1.807, 2.05) is 18.5 Å². The highest BCUT2D eigenvalue weighted by molar-refractivity contribution is 5.82. The Labute approximate surface area is 114 Å². The van der Waals surface area contributed by atoms with Gasteiger partial charge in [0, 0.05) is 25.2 Å². The SMILES string of the molecule is CC(C)n1ncnc1CC(=O)CN1CCC(N)CC1. The van der Waals surface area contributed by atoms with Crippen molar-refractivity contribution in [2.45, 2.75) is 45.2 Å². The van der Waals surface area contributed by atoms with Crippen LogP contribution >= 0.6 is 0 Å². The summed E-state index contributed by atoms with van der Waals surface area (Å²) in [6.07, 6.45) is 3.84. The maximum Gasteiger partial charge on any atom is 0.154 e. The van der Waals surface area contributed by atoms with Gasteiger partial charge in [-0.2, -0.15) is 5.10 Å². The Hall–Kier alpha value is -1.27. The van der Waals surface area contributed by atoms with Crippen LogP contribution in [-0.4, -0.2) is 51.1 Å². The summed E-state index contributed by atoms with van der Waals surface area (Å²) in [5.74, 6) is 0.957. The summed E-state index contributed by atoms with van der Waals surface area (Å²) in [5, 5.41) is 4.15. The lowest BCUT2D eigenvalue weighted by molar-refractivity contribution is -0.120. The quantitative estimate of drug-likeness (QED) is 0.833. The molecule has 1 aromatic heterocycles. The molecule has 6 nitrogen and oxygen atoms in total. The first kappa shape index (κ1) is 14.1. The summed E-state index contributed by atoms with van der Waals surface area (Å²) < 4.78 is 1.81. The smallest absolute Gasteiger partial charge is 0.154 e. The van der Waals surface area contributed by atoms with Gasteiger partial charge in [-0.1, -0.05) is 0 Å². The van der Waals surface area contributed by atoms with E-state index >= 15 is 0 Å². The van der Waals surface area contributed by atoms with E-state index in [4.69, 9.17) is 5.73 Å². The van der Waals surface area contributed by atoms with Crippen molar-refractivity contribution in [2.24, 2.45) is 5.73 Å². The minimum atomic E-state index is 0.199. The average molecular weight is 265 g/mol. The van der Waals surface area contributed by atoms with E-state index in [2.05, 4.69) is 15.0 Å². The molecule has 106 valence electrons. The summed E-state index contributed by atoms with van der Waals surface area (Å²) in [4.78, 5) is 18.4. The third kappa shape index (κ3) is 3.84. The van der Waals surface area contributed by atoms with E-state index < -0.39 is 0 Å². The van der Waals surface area contributed by atoms with Gasteiger partial charge in [-0.05, 0) is 26.7 Å². The number of hydrogen-bond acceptors (Lipinski definition) is 5. The molecule has 1 aromatic rings. The van der Waals surface area contributed by atoms with Crippen LogP contribution < -0.4 is 5.73 Å². The molecule has 1 saturated heterocycles. The van der Waals surface area contributed by atoms with Crippen molar-refractivity contribution in [1.82, 2.24) is 19.7 Å². The number of piperidine rings is 1. The third-order valence-corrected chi connectivity index (χ3v) is 3.52. The van der Waals surface area contributed by atoms with Crippen LogP contribution in [0, 0.1) is 0 Å². The maximum absolute atomic E-state index is 12.1. The molecule has 1 aliphatic rings. The number of carbonyl (C=O) groups excluding carboxylic acids is 1. The minimum absolute atomic E-state index is 0.199. The predicted octanol–water partition coefficient (Wildman–Crippen LogP) is 0.394. The first-order valence-electron chi connectivity index (χ1n) is 6.94. The fourth-order valence-corrected chi connectivity index (χ4v) is 2.42. The van der Waals surface area contributed by atoms with Crippen molar-refractivity contribution in [3.63, 3.8) is 0 Å². The van der Waals surface area contributed by atoms with Gasteiger partial charge in [-0.3, -0.25) is 9.69 Å². The fraction of sp³-hybridized carbons (Fsp3) is 0.769. The average Bonchev–Trinajstić information content (AvgIpc) is 2.80. The number of hydrogen-bond donors (Lipinski definition) is 1. The Bertz CT molecular complexity index is 420. The zero-order valence-electron chi connectivity index (χ0n) is 11.7. The lowest BCUT2D eigenvalue weighted by Gasteiger charge is -2.29. The van der Waals surface area contributed by atoms with Crippen LogP contribution in [0.5, 0.6) is 0 Å². The molecule has 0 amide bonds. The number of nitrogens with two attached hydrogens (primary N) is 1. The number of Topliss-reactive ketones (excluding diaryl/α,β-unsaturated/α-hetero) is 1. The summed E-state index contributed by atoms with van der Waals surface area (Å²) in [6, 6.07) is 0.536. The monoisotopic (exact) mass is 265 g/mol. The molecular formula is C13H23N5O. The summed E-state index contributed by atoms with van der Waals surface area (Å²) in [7, 11) is 0. The number of likely N-dealkylation sites (tertiary alicyclic amines) is 1. The molecule has 19 heavy (non-hydrogen) atoms. The lowest BCUT2D eigenvalue weighted by atomic mass is 10.1. The molecule has 1 aliphatic heterocycles. The van der Waals surface area contributed by atoms with Crippen LogP contribution in [0.25, 0.3) is 0 Å². The van der Waals surface area contributed by atoms with Gasteiger partial charge in [0.2, 0.25) is 0 Å². The molecule has 2 N–H and O–H groups in total. The van der Waals surface area contributed by atoms with Gasteiger partial charge < -0.3 is 5.73 Å². The molecular weight excluding hydrogens is 242 g/mol. The van der Waals surface area contributed by atoms with Crippen molar-refractivity contribution in [1.29, 1.82) is 0 Å². The molecule has 0 bridgehead atoms. The van der Waals surface area contributed by atoms with Crippen molar-refractivity contribution in [3.05, 3.63) is 12.2 Å². The van der Waals surface area contributed by atoms with E-state index in [9.17, 15) is 4.79 Å². The summed E-state index contributed by atoms with van der Waals surface area (Å²) in [6.45, 7) is 6.41. The van der Waals surface area contributed by atoms with Crippen molar-refractivity contribution < 1.29 is 4.79 Å². The Morgan fingerprint density at radius 2 is 2.16 bits per heavy atom. The number of rotatable bonds is 5. The molecule has 0 aliphatic carbocycles. The van der Waals surface area contributed by atoms with Gasteiger partial charge in [-0.15, -0.1) is 0 Å². The van der Waals surface area contributed by atoms with Gasteiger partial charge in [0.15, 0.2) is 5.78 Å². The molecule has 0 radical (unpaired) electrons. The first-order chi connectivity index (χ1) is 9.06. The minimum Gasteiger partial charge on any atom is -0.328 e. The van der Waals surface area contributed by atoms with Gasteiger partial charge >= 0.3 is 0 Å². The molecule has 1 fully saturated rings. The van der Waals surface area contributed by atoms with Crippen LogP contribution in [0.4, 0.5) is 0 Å². The topological polar surface area (TPSA) is 77.0 Å². The van der Waals surface area contributed by atoms with Crippen LogP contribution in [0.15, 0.2) is 6.33 Å². The Morgan fingerprint density at radius 3 is 2.79 bits per heavy atom. The molecule has 0 saturated carbocycles. The molecule has 0 unspecified atom stereocenters. The number of aromatic nitrogens is 3. The zero-order chi connectivity index (χ0) is 13.8. The normalized spacial score (nSPS) is 18.1. The molecule has 0 aromatic carbocycles. The van der Waals surface area contributed by atoms with E-state index in [-0.39, 0.29) is 11.8 Å². The second-order valence-corrected chi connectivity index (χ2v) is 5.54. The van der Waals surface area contributed by atoms with Crippen LogP contribution in [-0.2, 0) is 11.2 Å². The number of nitrogens with zero attached hydrogens (tertiary/aromatic N) is 4. The Balaban J connectivity index is 1.85. The largest absolute Gasteiger partial charge is 0.328 e. The Kier molecular flexibility index (Phi) is 4.66. The standard InChI is InChI=1S/C13H23N5O/c1-10(2)18-13(15-9-16-18)7-12(19)8-17-5-3-11(14)4-6-17/h9-11H,3-8,14H2,1-2H3. The van der Waals surface area contributed by atoms with Gasteiger partial charge in [0.25, 0.3) is 0 Å². The highest BCUT2D eigenvalue weighted by Gasteiger charge is 2.19. The maximum atomic E-state index is 12.1. The fourth-order valence-electron chi connectivity index (χ4n) is 2.42. The van der Waals surface area contributed by atoms with Crippen LogP contribution in [0.3, 0.4) is 0 Å². The van der Waals surface area contributed by atoms with E-state index in [0.29, 0.717) is 19.0 Å². The highest BCUT2D eigenvalue weighted by Crippen LogP contribution is 2.10. The molecule has 0 atom stereocenters. The highest BCUT2D eigenvalue weighted by atomic mass is 16.1. The van der Waals surface area contributed by atoms with Crippen molar-refractivity contribution >= 4 is 5.78 Å². The molecule has 2 heterocycles. The zero-order valence-corrected chi connectivity index (χ0v) is 11.7. The molecule has 0 spiro atoms. The van der Waals surface area contributed by atoms with E-state index in [1.54, 1.807) is 0 Å².